The third-order valence-corrected chi connectivity index (χ3v) is 8.34. The van der Waals surface area contributed by atoms with Gasteiger partial charge in [0.15, 0.2) is 0 Å². The maximum atomic E-state index is 6.32. The second kappa shape index (κ2) is 7.34. The largest absolute Gasteiger partial charge is 0.412 e. The molecule has 17 heavy (non-hydrogen) atoms. The van der Waals surface area contributed by atoms with Gasteiger partial charge in [-0.15, -0.1) is 0 Å². The lowest BCUT2D eigenvalue weighted by Crippen LogP contribution is -2.49. The second-order valence-corrected chi connectivity index (χ2v) is 9.59. The van der Waals surface area contributed by atoms with Crippen molar-refractivity contribution in [2.24, 2.45) is 0 Å². The molecule has 0 heterocycles. The highest BCUT2D eigenvalue weighted by Crippen LogP contribution is 2.19. The topological polar surface area (TPSA) is 9.23 Å². The molecule has 1 nitrogen and oxygen atoms in total. The van der Waals surface area contributed by atoms with Gasteiger partial charge in [-0.25, -0.2) is 0 Å². The molecule has 0 aliphatic carbocycles. The van der Waals surface area contributed by atoms with Crippen LogP contribution in [0.2, 0.25) is 12.1 Å². The van der Waals surface area contributed by atoms with Crippen LogP contribution >= 0.6 is 15.9 Å². The van der Waals surface area contributed by atoms with E-state index in [1.165, 1.54) is 18.0 Å². The molecule has 0 spiro atoms. The number of hydrogen-bond donors (Lipinski definition) is 0. The van der Waals surface area contributed by atoms with Crippen molar-refractivity contribution in [2.45, 2.75) is 45.7 Å². The summed E-state index contributed by atoms with van der Waals surface area (Å²) >= 11 is 3.49. The van der Waals surface area contributed by atoms with Crippen LogP contribution in [0.25, 0.3) is 0 Å². The Bertz CT molecular complexity index is 319. The van der Waals surface area contributed by atoms with Crippen molar-refractivity contribution in [3.8, 4) is 0 Å². The second-order valence-electron chi connectivity index (χ2n) is 4.41. The first-order chi connectivity index (χ1) is 8.18. The Labute approximate surface area is 115 Å². The van der Waals surface area contributed by atoms with Crippen LogP contribution in [-0.4, -0.2) is 14.9 Å². The normalized spacial score (nSPS) is 11.8. The van der Waals surface area contributed by atoms with E-state index in [1.807, 2.05) is 0 Å². The molecule has 0 aromatic heterocycles. The van der Waals surface area contributed by atoms with Gasteiger partial charge < -0.3 is 4.43 Å². The molecule has 0 saturated carbocycles. The molecule has 1 aromatic rings. The number of halogens is 1. The van der Waals surface area contributed by atoms with Crippen molar-refractivity contribution in [3.63, 3.8) is 0 Å². The third kappa shape index (κ3) is 3.93. The lowest BCUT2D eigenvalue weighted by Gasteiger charge is -2.30. The van der Waals surface area contributed by atoms with Crippen LogP contribution in [0.4, 0.5) is 0 Å². The Balaban J connectivity index is 2.85. The Morgan fingerprint density at radius 2 is 1.65 bits per heavy atom. The average Bonchev–Trinajstić information content (AvgIpc) is 2.37. The van der Waals surface area contributed by atoms with Crippen molar-refractivity contribution in [1.29, 1.82) is 0 Å². The molecule has 1 aromatic carbocycles. The molecule has 1 rings (SSSR count). The van der Waals surface area contributed by atoms with Crippen molar-refractivity contribution in [3.05, 3.63) is 28.7 Å². The predicted octanol–water partition coefficient (Wildman–Crippen LogP) is 4.46. The zero-order chi connectivity index (χ0) is 12.7. The fourth-order valence-corrected chi connectivity index (χ4v) is 5.58. The summed E-state index contributed by atoms with van der Waals surface area (Å²) in [6, 6.07) is 11.0. The maximum absolute atomic E-state index is 6.32. The summed E-state index contributed by atoms with van der Waals surface area (Å²) in [5, 5.41) is 1.43. The minimum absolute atomic E-state index is 0.917. The quantitative estimate of drug-likeness (QED) is 0.533. The van der Waals surface area contributed by atoms with E-state index in [0.717, 1.165) is 23.2 Å². The fourth-order valence-electron chi connectivity index (χ4n) is 2.11. The van der Waals surface area contributed by atoms with E-state index in [4.69, 9.17) is 4.43 Å². The van der Waals surface area contributed by atoms with Crippen molar-refractivity contribution < 1.29 is 4.43 Å². The molecule has 0 saturated heterocycles. The van der Waals surface area contributed by atoms with E-state index in [9.17, 15) is 0 Å². The zero-order valence-corrected chi connectivity index (χ0v) is 13.7. The van der Waals surface area contributed by atoms with Crippen LogP contribution in [0.3, 0.4) is 0 Å². The first-order valence-electron chi connectivity index (χ1n) is 6.58. The predicted molar refractivity (Wildman–Crippen MR) is 81.4 cm³/mol. The smallest absolute Gasteiger partial charge is 0.223 e. The van der Waals surface area contributed by atoms with Gasteiger partial charge in [-0.3, -0.25) is 0 Å². The minimum Gasteiger partial charge on any atom is -0.412 e. The van der Waals surface area contributed by atoms with Gasteiger partial charge >= 0.3 is 0 Å². The van der Waals surface area contributed by atoms with Gasteiger partial charge in [-0.05, 0) is 35.8 Å². The van der Waals surface area contributed by atoms with E-state index in [1.54, 1.807) is 0 Å². The summed E-state index contributed by atoms with van der Waals surface area (Å²) in [6.07, 6.45) is 2.38. The van der Waals surface area contributed by atoms with Gasteiger partial charge in [-0.2, -0.15) is 0 Å². The van der Waals surface area contributed by atoms with E-state index >= 15 is 0 Å². The number of benzene rings is 1. The van der Waals surface area contributed by atoms with E-state index in [-0.39, 0.29) is 0 Å². The third-order valence-electron chi connectivity index (χ3n) is 3.39. The summed E-state index contributed by atoms with van der Waals surface area (Å²) in [5.74, 6) is 0. The summed E-state index contributed by atoms with van der Waals surface area (Å²) in [4.78, 5) is 0. The van der Waals surface area contributed by atoms with Crippen molar-refractivity contribution in [2.75, 3.05) is 6.61 Å². The van der Waals surface area contributed by atoms with Gasteiger partial charge in [0.2, 0.25) is 8.32 Å². The molecule has 0 fully saturated rings. The van der Waals surface area contributed by atoms with Crippen LogP contribution in [0, 0.1) is 0 Å². The molecule has 3 heteroatoms. The van der Waals surface area contributed by atoms with E-state index < -0.39 is 8.32 Å². The Hall–Kier alpha value is -0.123. The fraction of sp³-hybridized carbons (Fsp3) is 0.571. The number of unbranched alkanes of at least 4 members (excludes halogenated alkanes) is 1. The van der Waals surface area contributed by atoms with Crippen LogP contribution in [0.15, 0.2) is 28.7 Å². The van der Waals surface area contributed by atoms with Crippen LogP contribution in [-0.2, 0) is 4.43 Å². The molecule has 0 atom stereocenters. The standard InChI is InChI=1S/C14H23BrOSi/c1-4-7-12-16-17(5-2,6-3)14-10-8-13(15)9-11-14/h8-11H,4-7,12H2,1-3H3. The molecule has 0 bridgehead atoms. The molecule has 96 valence electrons. The highest BCUT2D eigenvalue weighted by Gasteiger charge is 2.33. The molecular weight excluding hydrogens is 292 g/mol. The van der Waals surface area contributed by atoms with Crippen LogP contribution in [0.5, 0.6) is 0 Å². The summed E-state index contributed by atoms with van der Waals surface area (Å²) < 4.78 is 7.46. The first-order valence-corrected chi connectivity index (χ1v) is 9.70. The monoisotopic (exact) mass is 314 g/mol. The molecule has 0 amide bonds. The number of hydrogen-bond acceptors (Lipinski definition) is 1. The van der Waals surface area contributed by atoms with E-state index in [2.05, 4.69) is 61.0 Å². The highest BCUT2D eigenvalue weighted by molar-refractivity contribution is 9.10. The Morgan fingerprint density at radius 1 is 1.06 bits per heavy atom. The van der Waals surface area contributed by atoms with Gasteiger partial charge in [0.05, 0.1) is 0 Å². The molecule has 0 aliphatic rings. The van der Waals surface area contributed by atoms with E-state index in [0.29, 0.717) is 0 Å². The maximum Gasteiger partial charge on any atom is 0.223 e. The molecule has 0 unspecified atom stereocenters. The van der Waals surface area contributed by atoms with Gasteiger partial charge in [0, 0.05) is 11.1 Å². The lowest BCUT2D eigenvalue weighted by atomic mass is 10.4. The van der Waals surface area contributed by atoms with Crippen molar-refractivity contribution >= 4 is 29.4 Å². The lowest BCUT2D eigenvalue weighted by molar-refractivity contribution is 0.300. The van der Waals surface area contributed by atoms with Gasteiger partial charge in [0.25, 0.3) is 0 Å². The average molecular weight is 315 g/mol. The summed E-state index contributed by atoms with van der Waals surface area (Å²) in [7, 11) is -1.70. The number of rotatable bonds is 7. The molecule has 0 radical (unpaired) electrons. The van der Waals surface area contributed by atoms with Gasteiger partial charge in [-0.1, -0.05) is 55.3 Å². The minimum atomic E-state index is -1.70. The Kier molecular flexibility index (Phi) is 6.45. The van der Waals surface area contributed by atoms with Gasteiger partial charge in [0.1, 0.15) is 0 Å². The van der Waals surface area contributed by atoms with Crippen LogP contribution < -0.4 is 5.19 Å². The Morgan fingerprint density at radius 3 is 2.12 bits per heavy atom. The molecule has 0 aliphatic heterocycles. The summed E-state index contributed by atoms with van der Waals surface area (Å²) in [5.41, 5.74) is 0. The zero-order valence-electron chi connectivity index (χ0n) is 11.1. The molecular formula is C14H23BrOSi. The first kappa shape index (κ1) is 14.9. The summed E-state index contributed by atoms with van der Waals surface area (Å²) in [6.45, 7) is 7.66. The molecule has 0 N–H and O–H groups in total. The highest BCUT2D eigenvalue weighted by atomic mass is 79.9. The van der Waals surface area contributed by atoms with Crippen LogP contribution in [0.1, 0.15) is 33.6 Å². The SMILES string of the molecule is CCCCO[Si](CC)(CC)c1ccc(Br)cc1. The van der Waals surface area contributed by atoms with Crippen molar-refractivity contribution in [1.82, 2.24) is 0 Å².